The van der Waals surface area contributed by atoms with Gasteiger partial charge in [0.25, 0.3) is 0 Å². The van der Waals surface area contributed by atoms with Crippen molar-refractivity contribution in [1.29, 1.82) is 0 Å². The van der Waals surface area contributed by atoms with Gasteiger partial charge in [0.1, 0.15) is 6.29 Å². The number of benzene rings is 1. The van der Waals surface area contributed by atoms with E-state index >= 15 is 0 Å². The third-order valence-corrected chi connectivity index (χ3v) is 2.13. The first-order valence-corrected chi connectivity index (χ1v) is 4.56. The predicted molar refractivity (Wildman–Crippen MR) is 57.9 cm³/mol. The van der Waals surface area contributed by atoms with Crippen LogP contribution in [0.25, 0.3) is 0 Å². The molecule has 2 heteroatoms. The van der Waals surface area contributed by atoms with Crippen LogP contribution < -0.4 is 0 Å². The fourth-order valence-electron chi connectivity index (χ4n) is 1.07. The number of allylic oxidation sites excluding steroid dienone is 2. The van der Waals surface area contributed by atoms with Crippen LogP contribution in [-0.4, -0.2) is 6.29 Å². The molecule has 0 bridgehead atoms. The highest BCUT2D eigenvalue weighted by Crippen LogP contribution is 2.12. The minimum atomic E-state index is 0.666. The van der Waals surface area contributed by atoms with Crippen molar-refractivity contribution in [1.82, 2.24) is 0 Å². The summed E-state index contributed by atoms with van der Waals surface area (Å²) in [5.41, 5.74) is 1.88. The summed E-state index contributed by atoms with van der Waals surface area (Å²) in [5.74, 6) is 0. The summed E-state index contributed by atoms with van der Waals surface area (Å²) >= 11 is 4.15. The molecular formula is C11H12OS. The van der Waals surface area contributed by atoms with Crippen molar-refractivity contribution in [3.8, 4) is 0 Å². The van der Waals surface area contributed by atoms with E-state index in [4.69, 9.17) is 0 Å². The van der Waals surface area contributed by atoms with E-state index in [2.05, 4.69) is 12.6 Å². The molecule has 0 N–H and O–H groups in total. The normalized spacial score (nSPS) is 12.2. The molecule has 0 amide bonds. The Kier molecular flexibility index (Phi) is 3.77. The molecule has 1 aromatic carbocycles. The molecular weight excluding hydrogens is 180 g/mol. The van der Waals surface area contributed by atoms with Gasteiger partial charge in [-0.15, -0.1) is 12.6 Å². The molecule has 1 rings (SSSR count). The smallest absolute Gasteiger partial charge is 0.147 e. The van der Waals surface area contributed by atoms with Crippen LogP contribution in [0.15, 0.2) is 40.8 Å². The molecule has 1 aromatic rings. The Bertz CT molecular complexity index is 310. The van der Waals surface area contributed by atoms with Crippen LogP contribution in [0.5, 0.6) is 0 Å². The minimum absolute atomic E-state index is 0.666. The highest BCUT2D eigenvalue weighted by atomic mass is 32.1. The molecule has 0 aromatic heterocycles. The number of carbonyl (C=O) groups excluding carboxylic acids is 1. The van der Waals surface area contributed by atoms with Gasteiger partial charge in [0.15, 0.2) is 0 Å². The van der Waals surface area contributed by atoms with Crippen LogP contribution in [0.2, 0.25) is 0 Å². The quantitative estimate of drug-likeness (QED) is 0.442. The maximum absolute atomic E-state index is 10.6. The van der Waals surface area contributed by atoms with Crippen LogP contribution in [0.1, 0.15) is 12.5 Å². The summed E-state index contributed by atoms with van der Waals surface area (Å²) in [7, 11) is 0. The Morgan fingerprint density at radius 2 is 2.00 bits per heavy atom. The van der Waals surface area contributed by atoms with E-state index in [9.17, 15) is 4.79 Å². The van der Waals surface area contributed by atoms with Crippen molar-refractivity contribution >= 4 is 18.9 Å². The minimum Gasteiger partial charge on any atom is -0.298 e. The van der Waals surface area contributed by atoms with Gasteiger partial charge in [-0.2, -0.15) is 0 Å². The Hall–Kier alpha value is -1.02. The number of rotatable bonds is 3. The van der Waals surface area contributed by atoms with Crippen LogP contribution in [-0.2, 0) is 11.2 Å². The van der Waals surface area contributed by atoms with Gasteiger partial charge in [0, 0.05) is 12.0 Å². The van der Waals surface area contributed by atoms with Crippen LogP contribution in [0, 0.1) is 0 Å². The molecule has 1 nitrogen and oxygen atoms in total. The summed E-state index contributed by atoms with van der Waals surface area (Å²) in [5, 5.41) is 0. The Morgan fingerprint density at radius 1 is 1.38 bits per heavy atom. The Balaban J connectivity index is 2.80. The second-order valence-corrected chi connectivity index (χ2v) is 3.56. The fourth-order valence-corrected chi connectivity index (χ4v) is 1.20. The zero-order valence-corrected chi connectivity index (χ0v) is 8.42. The first-order valence-electron chi connectivity index (χ1n) is 4.12. The molecule has 0 fully saturated rings. The summed E-state index contributed by atoms with van der Waals surface area (Å²) in [6, 6.07) is 9.89. The first-order chi connectivity index (χ1) is 6.24. The predicted octanol–water partition coefficient (Wildman–Crippen LogP) is 2.63. The van der Waals surface area contributed by atoms with E-state index < -0.39 is 0 Å². The molecule has 0 aliphatic rings. The zero-order chi connectivity index (χ0) is 9.68. The third kappa shape index (κ3) is 3.07. The highest BCUT2D eigenvalue weighted by Gasteiger charge is 1.99. The van der Waals surface area contributed by atoms with Crippen LogP contribution >= 0.6 is 12.6 Å². The van der Waals surface area contributed by atoms with E-state index in [1.807, 2.05) is 37.3 Å². The summed E-state index contributed by atoms with van der Waals surface area (Å²) in [4.78, 5) is 11.4. The number of aldehydes is 1. The average molecular weight is 192 g/mol. The summed E-state index contributed by atoms with van der Waals surface area (Å²) < 4.78 is 0. The lowest BCUT2D eigenvalue weighted by Crippen LogP contribution is -1.93. The third-order valence-electron chi connectivity index (χ3n) is 1.84. The van der Waals surface area contributed by atoms with Crippen LogP contribution in [0.3, 0.4) is 0 Å². The van der Waals surface area contributed by atoms with Gasteiger partial charge in [-0.3, -0.25) is 4.79 Å². The second-order valence-electron chi connectivity index (χ2n) is 2.89. The van der Waals surface area contributed by atoms with Crippen LogP contribution in [0.4, 0.5) is 0 Å². The van der Waals surface area contributed by atoms with E-state index in [-0.39, 0.29) is 0 Å². The van der Waals surface area contributed by atoms with Crippen molar-refractivity contribution in [3.63, 3.8) is 0 Å². The Labute approximate surface area is 83.9 Å². The van der Waals surface area contributed by atoms with Gasteiger partial charge in [0.2, 0.25) is 0 Å². The lowest BCUT2D eigenvalue weighted by Gasteiger charge is -2.01. The monoisotopic (exact) mass is 192 g/mol. The molecule has 0 spiro atoms. The number of carbonyl (C=O) groups is 1. The standard InChI is InChI=1S/C11H12OS/c1-9(13)11(8-12)7-10-5-3-2-4-6-10/h2-6,8,13H,7H2,1H3/b11-9-. The topological polar surface area (TPSA) is 17.1 Å². The Morgan fingerprint density at radius 3 is 2.46 bits per heavy atom. The molecule has 0 radical (unpaired) electrons. The summed E-state index contributed by atoms with van der Waals surface area (Å²) in [6.07, 6.45) is 1.54. The fraction of sp³-hybridized carbons (Fsp3) is 0.182. The lowest BCUT2D eigenvalue weighted by atomic mass is 10.1. The molecule has 68 valence electrons. The molecule has 0 saturated heterocycles. The van der Waals surface area contributed by atoms with E-state index in [0.717, 1.165) is 22.3 Å². The SMILES string of the molecule is C/C(S)=C(/C=O)Cc1ccccc1. The number of hydrogen-bond donors (Lipinski definition) is 1. The first kappa shape index (κ1) is 10.1. The van der Waals surface area contributed by atoms with Gasteiger partial charge in [0.05, 0.1) is 0 Å². The molecule has 0 heterocycles. The average Bonchev–Trinajstić information content (AvgIpc) is 2.15. The van der Waals surface area contributed by atoms with Gasteiger partial charge >= 0.3 is 0 Å². The van der Waals surface area contributed by atoms with Crippen molar-refractivity contribution in [2.45, 2.75) is 13.3 Å². The summed E-state index contributed by atoms with van der Waals surface area (Å²) in [6.45, 7) is 1.83. The van der Waals surface area contributed by atoms with Gasteiger partial charge in [-0.25, -0.2) is 0 Å². The largest absolute Gasteiger partial charge is 0.298 e. The van der Waals surface area contributed by atoms with E-state index in [0.29, 0.717) is 6.42 Å². The highest BCUT2D eigenvalue weighted by molar-refractivity contribution is 7.84. The number of thiol groups is 1. The molecule has 0 atom stereocenters. The maximum atomic E-state index is 10.6. The van der Waals surface area contributed by atoms with Crippen molar-refractivity contribution < 1.29 is 4.79 Å². The van der Waals surface area contributed by atoms with Crippen molar-refractivity contribution in [2.24, 2.45) is 0 Å². The van der Waals surface area contributed by atoms with E-state index in [1.165, 1.54) is 0 Å². The van der Waals surface area contributed by atoms with Gasteiger partial charge in [-0.1, -0.05) is 30.3 Å². The second kappa shape index (κ2) is 4.87. The molecule has 13 heavy (non-hydrogen) atoms. The maximum Gasteiger partial charge on any atom is 0.147 e. The number of hydrogen-bond acceptors (Lipinski definition) is 2. The lowest BCUT2D eigenvalue weighted by molar-refractivity contribution is -0.105. The molecule has 0 saturated carbocycles. The van der Waals surface area contributed by atoms with E-state index in [1.54, 1.807) is 0 Å². The molecule has 0 unspecified atom stereocenters. The van der Waals surface area contributed by atoms with Gasteiger partial charge in [-0.05, 0) is 17.4 Å². The van der Waals surface area contributed by atoms with Crippen molar-refractivity contribution in [2.75, 3.05) is 0 Å². The molecule has 0 aliphatic carbocycles. The van der Waals surface area contributed by atoms with Gasteiger partial charge < -0.3 is 0 Å². The zero-order valence-electron chi connectivity index (χ0n) is 7.53. The molecule has 0 aliphatic heterocycles. The van der Waals surface area contributed by atoms with Crippen molar-refractivity contribution in [3.05, 3.63) is 46.4 Å².